The lowest BCUT2D eigenvalue weighted by Gasteiger charge is -2.08. The summed E-state index contributed by atoms with van der Waals surface area (Å²) >= 11 is 0. The van der Waals surface area contributed by atoms with Gasteiger partial charge in [-0.05, 0) is 30.3 Å². The van der Waals surface area contributed by atoms with Crippen LogP contribution in [0.4, 0.5) is 4.39 Å². The summed E-state index contributed by atoms with van der Waals surface area (Å²) in [7, 11) is 0. The zero-order chi connectivity index (χ0) is 15.1. The van der Waals surface area contributed by atoms with E-state index in [0.29, 0.717) is 17.1 Å². The maximum Gasteiger partial charge on any atom is 0.144 e. The summed E-state index contributed by atoms with van der Waals surface area (Å²) in [5.74, 6) is 0.294. The fourth-order valence-electron chi connectivity index (χ4n) is 1.65. The van der Waals surface area contributed by atoms with Gasteiger partial charge in [0.1, 0.15) is 36.6 Å². The zero-order valence-electron chi connectivity index (χ0n) is 11.0. The first-order chi connectivity index (χ1) is 10.2. The summed E-state index contributed by atoms with van der Waals surface area (Å²) in [5, 5.41) is 17.4. The van der Waals surface area contributed by atoms with Crippen LogP contribution in [0, 0.1) is 28.5 Å². The molecule has 0 aliphatic rings. The molecule has 0 aliphatic carbocycles. The molecule has 0 fully saturated rings. The number of halogens is 1. The molecule has 104 valence electrons. The fourth-order valence-corrected chi connectivity index (χ4v) is 1.65. The van der Waals surface area contributed by atoms with Crippen LogP contribution in [0.2, 0.25) is 0 Å². The average molecular weight is 282 g/mol. The third-order valence-corrected chi connectivity index (χ3v) is 2.64. The van der Waals surface area contributed by atoms with Crippen molar-refractivity contribution in [2.45, 2.75) is 0 Å². The summed E-state index contributed by atoms with van der Waals surface area (Å²) < 4.78 is 24.1. The molecule has 0 heterocycles. The molecule has 2 rings (SSSR count). The number of hydrogen-bond donors (Lipinski definition) is 0. The quantitative estimate of drug-likeness (QED) is 0.791. The van der Waals surface area contributed by atoms with E-state index in [0.717, 1.165) is 6.07 Å². The Morgan fingerprint density at radius 3 is 2.24 bits per heavy atom. The lowest BCUT2D eigenvalue weighted by atomic mass is 10.2. The molecule has 0 radical (unpaired) electrons. The molecule has 0 unspecified atom stereocenters. The zero-order valence-corrected chi connectivity index (χ0v) is 11.0. The second-order valence-corrected chi connectivity index (χ2v) is 4.09. The van der Waals surface area contributed by atoms with Gasteiger partial charge in [0.2, 0.25) is 0 Å². The largest absolute Gasteiger partial charge is 0.490 e. The minimum Gasteiger partial charge on any atom is -0.490 e. The predicted octanol–water partition coefficient (Wildman–Crippen LogP) is 3.03. The molecule has 4 nitrogen and oxygen atoms in total. The van der Waals surface area contributed by atoms with Gasteiger partial charge in [0, 0.05) is 6.07 Å². The Morgan fingerprint density at radius 2 is 1.62 bits per heavy atom. The van der Waals surface area contributed by atoms with Crippen LogP contribution in [0.5, 0.6) is 11.5 Å². The molecule has 0 spiro atoms. The van der Waals surface area contributed by atoms with E-state index in [1.54, 1.807) is 30.3 Å². The van der Waals surface area contributed by atoms with Crippen LogP contribution in [0.25, 0.3) is 0 Å². The molecule has 0 aliphatic heterocycles. The molecule has 2 aromatic rings. The molecular weight excluding hydrogens is 271 g/mol. The van der Waals surface area contributed by atoms with Crippen LogP contribution in [0.15, 0.2) is 42.5 Å². The van der Waals surface area contributed by atoms with Crippen LogP contribution >= 0.6 is 0 Å². The number of benzene rings is 2. The SMILES string of the molecule is N#Cc1cccc(OCCOc2ccc(C#N)c(F)c2)c1. The molecule has 0 saturated heterocycles. The van der Waals surface area contributed by atoms with E-state index in [-0.39, 0.29) is 18.8 Å². The Hall–Kier alpha value is -3.05. The fraction of sp³-hybridized carbons (Fsp3) is 0.125. The van der Waals surface area contributed by atoms with E-state index in [2.05, 4.69) is 0 Å². The minimum atomic E-state index is -0.613. The highest BCUT2D eigenvalue weighted by atomic mass is 19.1. The Morgan fingerprint density at radius 1 is 0.905 bits per heavy atom. The van der Waals surface area contributed by atoms with Crippen molar-refractivity contribution in [3.8, 4) is 23.6 Å². The monoisotopic (exact) mass is 282 g/mol. The van der Waals surface area contributed by atoms with Crippen molar-refractivity contribution in [3.63, 3.8) is 0 Å². The Labute approximate surface area is 121 Å². The highest BCUT2D eigenvalue weighted by Gasteiger charge is 2.03. The van der Waals surface area contributed by atoms with Gasteiger partial charge >= 0.3 is 0 Å². The third-order valence-electron chi connectivity index (χ3n) is 2.64. The maximum absolute atomic E-state index is 13.3. The third kappa shape index (κ3) is 3.95. The Bertz CT molecular complexity index is 717. The van der Waals surface area contributed by atoms with Crippen molar-refractivity contribution >= 4 is 0 Å². The normalized spacial score (nSPS) is 9.48. The van der Waals surface area contributed by atoms with Gasteiger partial charge in [-0.1, -0.05) is 6.07 Å². The van der Waals surface area contributed by atoms with E-state index in [4.69, 9.17) is 20.0 Å². The minimum absolute atomic E-state index is 0.0214. The highest BCUT2D eigenvalue weighted by molar-refractivity contribution is 5.37. The van der Waals surface area contributed by atoms with Gasteiger partial charge in [-0.25, -0.2) is 4.39 Å². The van der Waals surface area contributed by atoms with Gasteiger partial charge in [-0.3, -0.25) is 0 Å². The molecular formula is C16H11FN2O2. The first kappa shape index (κ1) is 14.4. The molecule has 0 bridgehead atoms. The Balaban J connectivity index is 1.83. The van der Waals surface area contributed by atoms with Crippen molar-refractivity contribution < 1.29 is 13.9 Å². The van der Waals surface area contributed by atoms with Crippen molar-refractivity contribution in [3.05, 3.63) is 59.4 Å². The smallest absolute Gasteiger partial charge is 0.144 e. The molecule has 5 heteroatoms. The standard InChI is InChI=1S/C16H11FN2O2/c17-16-9-15(5-4-13(16)11-19)21-7-6-20-14-3-1-2-12(8-14)10-18/h1-5,8-9H,6-7H2. The van der Waals surface area contributed by atoms with Gasteiger partial charge in [0.05, 0.1) is 17.2 Å². The second-order valence-electron chi connectivity index (χ2n) is 4.09. The summed E-state index contributed by atoms with van der Waals surface area (Å²) in [6.07, 6.45) is 0. The second kappa shape index (κ2) is 6.93. The van der Waals surface area contributed by atoms with Crippen molar-refractivity contribution in [2.75, 3.05) is 13.2 Å². The molecule has 21 heavy (non-hydrogen) atoms. The number of nitriles is 2. The van der Waals surface area contributed by atoms with E-state index < -0.39 is 5.82 Å². The summed E-state index contributed by atoms with van der Waals surface area (Å²) in [5.41, 5.74) is 0.495. The maximum atomic E-state index is 13.3. The van der Waals surface area contributed by atoms with Crippen molar-refractivity contribution in [2.24, 2.45) is 0 Å². The van der Waals surface area contributed by atoms with Gasteiger partial charge in [0.15, 0.2) is 0 Å². The van der Waals surface area contributed by atoms with Crippen LogP contribution < -0.4 is 9.47 Å². The topological polar surface area (TPSA) is 66.0 Å². The molecule has 2 aromatic carbocycles. The van der Waals surface area contributed by atoms with Crippen LogP contribution in [0.1, 0.15) is 11.1 Å². The summed E-state index contributed by atoms with van der Waals surface area (Å²) in [6.45, 7) is 0.485. The first-order valence-corrected chi connectivity index (χ1v) is 6.18. The molecule has 0 N–H and O–H groups in total. The molecule has 0 saturated carbocycles. The van der Waals surface area contributed by atoms with Gasteiger partial charge in [-0.2, -0.15) is 10.5 Å². The van der Waals surface area contributed by atoms with E-state index in [9.17, 15) is 4.39 Å². The summed E-state index contributed by atoms with van der Waals surface area (Å²) in [4.78, 5) is 0. The number of hydrogen-bond acceptors (Lipinski definition) is 4. The van der Waals surface area contributed by atoms with Gasteiger partial charge in [-0.15, -0.1) is 0 Å². The highest BCUT2D eigenvalue weighted by Crippen LogP contribution is 2.16. The Kier molecular flexibility index (Phi) is 4.74. The first-order valence-electron chi connectivity index (χ1n) is 6.18. The van der Waals surface area contributed by atoms with E-state index in [1.807, 2.05) is 6.07 Å². The van der Waals surface area contributed by atoms with Crippen LogP contribution in [-0.2, 0) is 0 Å². The number of rotatable bonds is 5. The molecule has 0 atom stereocenters. The molecule has 0 aromatic heterocycles. The lowest BCUT2D eigenvalue weighted by Crippen LogP contribution is -2.09. The molecule has 0 amide bonds. The van der Waals surface area contributed by atoms with Gasteiger partial charge < -0.3 is 9.47 Å². The van der Waals surface area contributed by atoms with Gasteiger partial charge in [0.25, 0.3) is 0 Å². The average Bonchev–Trinajstić information content (AvgIpc) is 2.52. The van der Waals surface area contributed by atoms with Crippen molar-refractivity contribution in [1.82, 2.24) is 0 Å². The van der Waals surface area contributed by atoms with E-state index in [1.165, 1.54) is 12.1 Å². The number of nitrogens with zero attached hydrogens (tertiary/aromatic N) is 2. The number of ether oxygens (including phenoxy) is 2. The summed E-state index contributed by atoms with van der Waals surface area (Å²) in [6, 6.07) is 14.6. The van der Waals surface area contributed by atoms with Crippen LogP contribution in [-0.4, -0.2) is 13.2 Å². The predicted molar refractivity (Wildman–Crippen MR) is 73.3 cm³/mol. The van der Waals surface area contributed by atoms with E-state index >= 15 is 0 Å². The van der Waals surface area contributed by atoms with Crippen LogP contribution in [0.3, 0.4) is 0 Å². The van der Waals surface area contributed by atoms with Crippen molar-refractivity contribution in [1.29, 1.82) is 10.5 Å². The lowest BCUT2D eigenvalue weighted by molar-refractivity contribution is 0.216.